The van der Waals surface area contributed by atoms with Crippen molar-refractivity contribution in [2.24, 2.45) is 7.05 Å². The van der Waals surface area contributed by atoms with E-state index in [4.69, 9.17) is 11.6 Å². The lowest BCUT2D eigenvalue weighted by Crippen LogP contribution is -2.15. The zero-order chi connectivity index (χ0) is 14.1. The Bertz CT molecular complexity index is 614. The zero-order valence-corrected chi connectivity index (χ0v) is 12.7. The van der Waals surface area contributed by atoms with Crippen LogP contribution in [0.1, 0.15) is 31.0 Å². The maximum Gasteiger partial charge on any atom is 0.0700 e. The van der Waals surface area contributed by atoms with Crippen molar-refractivity contribution in [2.75, 3.05) is 0 Å². The molecule has 1 aliphatic carbocycles. The van der Waals surface area contributed by atoms with Gasteiger partial charge >= 0.3 is 0 Å². The van der Waals surface area contributed by atoms with Crippen LogP contribution in [0.2, 0.25) is 5.02 Å². The van der Waals surface area contributed by atoms with Crippen molar-refractivity contribution in [1.82, 2.24) is 15.1 Å². The Hall–Kier alpha value is -1.32. The van der Waals surface area contributed by atoms with Crippen molar-refractivity contribution in [2.45, 2.75) is 38.8 Å². The normalized spacial score (nSPS) is 14.8. The third-order valence-corrected chi connectivity index (χ3v) is 4.12. The van der Waals surface area contributed by atoms with Crippen LogP contribution in [0.5, 0.6) is 0 Å². The quantitative estimate of drug-likeness (QED) is 0.912. The molecule has 0 saturated heterocycles. The van der Waals surface area contributed by atoms with Gasteiger partial charge in [-0.1, -0.05) is 24.6 Å². The highest BCUT2D eigenvalue weighted by atomic mass is 35.5. The lowest BCUT2D eigenvalue weighted by Gasteiger charge is -2.08. The summed E-state index contributed by atoms with van der Waals surface area (Å²) in [6.45, 7) is 2.98. The van der Waals surface area contributed by atoms with Crippen molar-refractivity contribution in [3.63, 3.8) is 0 Å². The van der Waals surface area contributed by atoms with E-state index in [-0.39, 0.29) is 0 Å². The molecule has 106 valence electrons. The Morgan fingerprint density at radius 2 is 2.20 bits per heavy atom. The molecule has 0 spiro atoms. The van der Waals surface area contributed by atoms with Gasteiger partial charge < -0.3 is 5.32 Å². The van der Waals surface area contributed by atoms with E-state index in [0.29, 0.717) is 6.04 Å². The molecule has 2 aromatic rings. The predicted molar refractivity (Wildman–Crippen MR) is 82.9 cm³/mol. The van der Waals surface area contributed by atoms with Gasteiger partial charge in [-0.15, -0.1) is 0 Å². The average molecular weight is 290 g/mol. The number of rotatable bonds is 5. The number of hydrogen-bond donors (Lipinski definition) is 1. The minimum absolute atomic E-state index is 0.694. The monoisotopic (exact) mass is 289 g/mol. The van der Waals surface area contributed by atoms with Crippen LogP contribution in [0, 0.1) is 0 Å². The first-order valence-corrected chi connectivity index (χ1v) is 7.60. The summed E-state index contributed by atoms with van der Waals surface area (Å²) in [6.07, 6.45) is 5.61. The van der Waals surface area contributed by atoms with Crippen molar-refractivity contribution in [3.8, 4) is 11.1 Å². The molecule has 1 fully saturated rings. The van der Waals surface area contributed by atoms with Gasteiger partial charge in [-0.05, 0) is 42.5 Å². The van der Waals surface area contributed by atoms with Crippen LogP contribution in [0.25, 0.3) is 11.1 Å². The third kappa shape index (κ3) is 2.89. The summed E-state index contributed by atoms with van der Waals surface area (Å²) in [4.78, 5) is 0. The minimum atomic E-state index is 0.694. The number of aryl methyl sites for hydroxylation is 2. The molecule has 3 nitrogen and oxygen atoms in total. The summed E-state index contributed by atoms with van der Waals surface area (Å²) < 4.78 is 1.88. The van der Waals surface area contributed by atoms with Gasteiger partial charge in [0.1, 0.15) is 0 Å². The molecule has 3 rings (SSSR count). The summed E-state index contributed by atoms with van der Waals surface area (Å²) in [5.74, 6) is 0. The van der Waals surface area contributed by atoms with Crippen LogP contribution in [0.4, 0.5) is 0 Å². The molecule has 0 bridgehead atoms. The lowest BCUT2D eigenvalue weighted by molar-refractivity contribution is 0.688. The van der Waals surface area contributed by atoms with E-state index < -0.39 is 0 Å². The summed E-state index contributed by atoms with van der Waals surface area (Å²) in [6, 6.07) is 6.96. The molecule has 0 amide bonds. The molecule has 20 heavy (non-hydrogen) atoms. The molecule has 0 radical (unpaired) electrons. The average Bonchev–Trinajstić information content (AvgIpc) is 3.19. The summed E-state index contributed by atoms with van der Waals surface area (Å²) in [5.41, 5.74) is 4.71. The third-order valence-electron chi connectivity index (χ3n) is 3.76. The number of hydrogen-bond acceptors (Lipinski definition) is 2. The van der Waals surface area contributed by atoms with Crippen LogP contribution < -0.4 is 5.32 Å². The maximum absolute atomic E-state index is 6.31. The van der Waals surface area contributed by atoms with E-state index in [1.807, 2.05) is 17.8 Å². The fourth-order valence-corrected chi connectivity index (χ4v) is 2.64. The fraction of sp³-hybridized carbons (Fsp3) is 0.438. The number of benzene rings is 1. The smallest absolute Gasteiger partial charge is 0.0700 e. The van der Waals surface area contributed by atoms with Crippen LogP contribution in [0.3, 0.4) is 0 Å². The molecule has 1 heterocycles. The van der Waals surface area contributed by atoms with Gasteiger partial charge in [0.15, 0.2) is 0 Å². The van der Waals surface area contributed by atoms with Gasteiger partial charge in [0.2, 0.25) is 0 Å². The van der Waals surface area contributed by atoms with Crippen LogP contribution in [0.15, 0.2) is 24.4 Å². The number of nitrogens with one attached hydrogen (secondary N) is 1. The molecular formula is C16H20ClN3. The highest BCUT2D eigenvalue weighted by Gasteiger charge is 2.20. The molecule has 0 atom stereocenters. The SMILES string of the molecule is CCc1nn(C)cc1-c1ccc(Cl)c(CNC2CC2)c1. The summed E-state index contributed by atoms with van der Waals surface area (Å²) in [5, 5.41) is 8.87. The molecule has 0 unspecified atom stereocenters. The van der Waals surface area contributed by atoms with Crippen LogP contribution in [-0.2, 0) is 20.0 Å². The Kier molecular flexibility index (Phi) is 3.81. The summed E-state index contributed by atoms with van der Waals surface area (Å²) in [7, 11) is 1.97. The molecule has 0 aliphatic heterocycles. The van der Waals surface area contributed by atoms with E-state index in [2.05, 4.69) is 35.7 Å². The van der Waals surface area contributed by atoms with Crippen LogP contribution in [-0.4, -0.2) is 15.8 Å². The second-order valence-corrected chi connectivity index (χ2v) is 5.89. The van der Waals surface area contributed by atoms with Crippen molar-refractivity contribution < 1.29 is 0 Å². The predicted octanol–water partition coefficient (Wildman–Crippen LogP) is 3.55. The largest absolute Gasteiger partial charge is 0.310 e. The molecule has 1 aromatic carbocycles. The van der Waals surface area contributed by atoms with E-state index >= 15 is 0 Å². The van der Waals surface area contributed by atoms with Gasteiger partial charge in [-0.3, -0.25) is 4.68 Å². The van der Waals surface area contributed by atoms with Gasteiger partial charge in [-0.2, -0.15) is 5.10 Å². The second kappa shape index (κ2) is 5.58. The first-order valence-electron chi connectivity index (χ1n) is 7.22. The molecule has 4 heteroatoms. The highest BCUT2D eigenvalue weighted by molar-refractivity contribution is 6.31. The van der Waals surface area contributed by atoms with Crippen molar-refractivity contribution in [1.29, 1.82) is 0 Å². The minimum Gasteiger partial charge on any atom is -0.310 e. The molecular weight excluding hydrogens is 270 g/mol. The molecule has 1 N–H and O–H groups in total. The first kappa shape index (κ1) is 13.7. The fourth-order valence-electron chi connectivity index (χ4n) is 2.46. The molecule has 1 saturated carbocycles. The standard InChI is InChI=1S/C16H20ClN3/c1-3-16-14(10-20(2)19-16)11-4-7-15(17)12(8-11)9-18-13-5-6-13/h4,7-8,10,13,18H,3,5-6,9H2,1-2H3. The first-order chi connectivity index (χ1) is 9.67. The van der Waals surface area contributed by atoms with E-state index in [1.165, 1.54) is 29.5 Å². The second-order valence-electron chi connectivity index (χ2n) is 5.48. The van der Waals surface area contributed by atoms with E-state index in [9.17, 15) is 0 Å². The Morgan fingerprint density at radius 3 is 2.90 bits per heavy atom. The highest BCUT2D eigenvalue weighted by Crippen LogP contribution is 2.28. The van der Waals surface area contributed by atoms with E-state index in [1.54, 1.807) is 0 Å². The van der Waals surface area contributed by atoms with Gasteiger partial charge in [-0.25, -0.2) is 0 Å². The molecule has 1 aromatic heterocycles. The topological polar surface area (TPSA) is 29.9 Å². The Labute approximate surface area is 124 Å². The number of nitrogens with zero attached hydrogens (tertiary/aromatic N) is 2. The lowest BCUT2D eigenvalue weighted by atomic mass is 10.0. The zero-order valence-electron chi connectivity index (χ0n) is 12.0. The number of aromatic nitrogens is 2. The van der Waals surface area contributed by atoms with E-state index in [0.717, 1.165) is 23.7 Å². The Morgan fingerprint density at radius 1 is 1.40 bits per heavy atom. The van der Waals surface area contributed by atoms with Crippen molar-refractivity contribution >= 4 is 11.6 Å². The molecule has 1 aliphatic rings. The van der Waals surface area contributed by atoms with Crippen LogP contribution >= 0.6 is 11.6 Å². The van der Waals surface area contributed by atoms with Gasteiger partial charge in [0.05, 0.1) is 5.69 Å². The van der Waals surface area contributed by atoms with Crippen molar-refractivity contribution in [3.05, 3.63) is 40.7 Å². The summed E-state index contributed by atoms with van der Waals surface area (Å²) >= 11 is 6.31. The van der Waals surface area contributed by atoms with Gasteiger partial charge in [0, 0.05) is 36.4 Å². The number of halogens is 1. The van der Waals surface area contributed by atoms with Gasteiger partial charge in [0.25, 0.3) is 0 Å². The Balaban J connectivity index is 1.90. The maximum atomic E-state index is 6.31.